The molecule has 2 atom stereocenters. The Kier molecular flexibility index (Phi) is 5.65. The highest BCUT2D eigenvalue weighted by molar-refractivity contribution is 7.09. The van der Waals surface area contributed by atoms with Crippen LogP contribution in [0.25, 0.3) is 0 Å². The highest BCUT2D eigenvalue weighted by atomic mass is 32.1. The predicted octanol–water partition coefficient (Wildman–Crippen LogP) is 2.86. The summed E-state index contributed by atoms with van der Waals surface area (Å²) in [7, 11) is 2.02. The van der Waals surface area contributed by atoms with Crippen LogP contribution in [0.15, 0.2) is 17.5 Å². The quantitative estimate of drug-likeness (QED) is 0.814. The number of aliphatic carboxylic acids is 1. The van der Waals surface area contributed by atoms with Crippen molar-refractivity contribution in [1.29, 1.82) is 0 Å². The van der Waals surface area contributed by atoms with E-state index in [4.69, 9.17) is 5.11 Å². The van der Waals surface area contributed by atoms with Gasteiger partial charge in [-0.05, 0) is 38.3 Å². The number of carboxylic acid groups (broad SMARTS) is 1. The Balaban J connectivity index is 2.54. The largest absolute Gasteiger partial charge is 0.481 e. The van der Waals surface area contributed by atoms with Crippen LogP contribution in [-0.4, -0.2) is 35.1 Å². The second-order valence-corrected chi connectivity index (χ2v) is 5.49. The maximum atomic E-state index is 10.8. The van der Waals surface area contributed by atoms with E-state index in [9.17, 15) is 4.79 Å². The van der Waals surface area contributed by atoms with Crippen molar-refractivity contribution in [3.8, 4) is 0 Å². The smallest absolute Gasteiger partial charge is 0.304 e. The van der Waals surface area contributed by atoms with Gasteiger partial charge in [-0.25, -0.2) is 0 Å². The van der Waals surface area contributed by atoms with E-state index in [1.807, 2.05) is 14.0 Å². The Morgan fingerprint density at radius 1 is 1.59 bits per heavy atom. The molecule has 4 heteroatoms. The van der Waals surface area contributed by atoms with Gasteiger partial charge in [-0.3, -0.25) is 9.69 Å². The fraction of sp³-hybridized carbons (Fsp3) is 0.615. The molecule has 0 radical (unpaired) electrons. The van der Waals surface area contributed by atoms with Crippen LogP contribution < -0.4 is 0 Å². The summed E-state index contributed by atoms with van der Waals surface area (Å²) < 4.78 is 0. The zero-order valence-electron chi connectivity index (χ0n) is 10.7. The summed E-state index contributed by atoms with van der Waals surface area (Å²) in [5.74, 6) is -0.716. The lowest BCUT2D eigenvalue weighted by Gasteiger charge is -2.31. The molecule has 0 aliphatic heterocycles. The Morgan fingerprint density at radius 2 is 2.29 bits per heavy atom. The summed E-state index contributed by atoms with van der Waals surface area (Å²) in [6, 6.07) is 4.69. The number of carboxylic acids is 1. The van der Waals surface area contributed by atoms with Gasteiger partial charge in [0.15, 0.2) is 0 Å². The average Bonchev–Trinajstić information content (AvgIpc) is 2.77. The van der Waals surface area contributed by atoms with Crippen molar-refractivity contribution in [2.45, 2.75) is 45.2 Å². The van der Waals surface area contributed by atoms with Gasteiger partial charge in [0.1, 0.15) is 0 Å². The summed E-state index contributed by atoms with van der Waals surface area (Å²) in [6.07, 6.45) is 2.09. The number of hydrogen-bond donors (Lipinski definition) is 1. The third-order valence-electron chi connectivity index (χ3n) is 3.23. The molecule has 0 saturated heterocycles. The van der Waals surface area contributed by atoms with Crippen molar-refractivity contribution in [2.24, 2.45) is 0 Å². The number of hydrogen-bond acceptors (Lipinski definition) is 3. The molecule has 0 bridgehead atoms. The minimum atomic E-state index is -0.716. The molecule has 0 aromatic carbocycles. The third kappa shape index (κ3) is 4.48. The molecule has 1 aromatic rings. The van der Waals surface area contributed by atoms with E-state index in [-0.39, 0.29) is 12.5 Å². The van der Waals surface area contributed by atoms with E-state index >= 15 is 0 Å². The molecule has 0 aliphatic carbocycles. The first-order valence-electron chi connectivity index (χ1n) is 6.00. The van der Waals surface area contributed by atoms with Gasteiger partial charge in [0.05, 0.1) is 6.42 Å². The third-order valence-corrected chi connectivity index (χ3v) is 4.13. The van der Waals surface area contributed by atoms with E-state index in [0.29, 0.717) is 6.04 Å². The van der Waals surface area contributed by atoms with Crippen LogP contribution in [0.3, 0.4) is 0 Å². The molecule has 1 aromatic heterocycles. The molecule has 0 amide bonds. The van der Waals surface area contributed by atoms with Crippen LogP contribution in [0.4, 0.5) is 0 Å². The second kappa shape index (κ2) is 6.77. The number of likely N-dealkylation sites (N-methyl/N-ethyl adjacent to an activating group) is 1. The van der Waals surface area contributed by atoms with Crippen molar-refractivity contribution >= 4 is 17.3 Å². The first-order chi connectivity index (χ1) is 8.04. The summed E-state index contributed by atoms with van der Waals surface area (Å²) in [6.45, 7) is 4.20. The fourth-order valence-corrected chi connectivity index (χ4v) is 2.83. The van der Waals surface area contributed by atoms with E-state index in [1.54, 1.807) is 11.3 Å². The summed E-state index contributed by atoms with van der Waals surface area (Å²) in [5, 5.41) is 11.0. The van der Waals surface area contributed by atoms with E-state index in [1.165, 1.54) is 4.88 Å². The maximum Gasteiger partial charge on any atom is 0.304 e. The van der Waals surface area contributed by atoms with Gasteiger partial charge >= 0.3 is 5.97 Å². The van der Waals surface area contributed by atoms with Crippen LogP contribution in [0.1, 0.15) is 31.6 Å². The van der Waals surface area contributed by atoms with Crippen molar-refractivity contribution in [3.63, 3.8) is 0 Å². The Morgan fingerprint density at radius 3 is 2.76 bits per heavy atom. The Bertz CT molecular complexity index is 337. The number of carbonyl (C=O) groups is 1. The molecular weight excluding hydrogens is 234 g/mol. The summed E-state index contributed by atoms with van der Waals surface area (Å²) in [5.41, 5.74) is 0. The predicted molar refractivity (Wildman–Crippen MR) is 71.6 cm³/mol. The van der Waals surface area contributed by atoms with Gasteiger partial charge in [-0.15, -0.1) is 11.3 Å². The lowest BCUT2D eigenvalue weighted by atomic mass is 10.1. The zero-order chi connectivity index (χ0) is 12.8. The summed E-state index contributed by atoms with van der Waals surface area (Å²) in [4.78, 5) is 14.3. The second-order valence-electron chi connectivity index (χ2n) is 4.46. The average molecular weight is 255 g/mol. The Hall–Kier alpha value is -0.870. The summed E-state index contributed by atoms with van der Waals surface area (Å²) >= 11 is 1.76. The van der Waals surface area contributed by atoms with Crippen LogP contribution in [0, 0.1) is 0 Å². The molecule has 0 spiro atoms. The molecule has 17 heavy (non-hydrogen) atoms. The molecule has 0 fully saturated rings. The first-order valence-corrected chi connectivity index (χ1v) is 6.88. The lowest BCUT2D eigenvalue weighted by Crippen LogP contribution is -2.40. The fourth-order valence-electron chi connectivity index (χ4n) is 2.00. The van der Waals surface area contributed by atoms with Crippen LogP contribution in [0.5, 0.6) is 0 Å². The van der Waals surface area contributed by atoms with Crippen molar-refractivity contribution in [2.75, 3.05) is 7.05 Å². The van der Waals surface area contributed by atoms with Crippen LogP contribution in [0.2, 0.25) is 0 Å². The van der Waals surface area contributed by atoms with Crippen molar-refractivity contribution < 1.29 is 9.90 Å². The maximum absolute atomic E-state index is 10.8. The monoisotopic (exact) mass is 255 g/mol. The normalized spacial score (nSPS) is 14.8. The van der Waals surface area contributed by atoms with E-state index < -0.39 is 5.97 Å². The van der Waals surface area contributed by atoms with Gasteiger partial charge in [-0.1, -0.05) is 13.0 Å². The first kappa shape index (κ1) is 14.2. The highest BCUT2D eigenvalue weighted by Crippen LogP contribution is 2.17. The highest BCUT2D eigenvalue weighted by Gasteiger charge is 2.21. The molecule has 1 N–H and O–H groups in total. The van der Waals surface area contributed by atoms with Gasteiger partial charge in [0, 0.05) is 17.0 Å². The van der Waals surface area contributed by atoms with E-state index in [0.717, 1.165) is 12.8 Å². The molecule has 3 nitrogen and oxygen atoms in total. The molecule has 1 heterocycles. The SMILES string of the molecule is CCC(CC(=O)O)N(C)C(C)Cc1cccs1. The number of thiophene rings is 1. The number of rotatable bonds is 7. The van der Waals surface area contributed by atoms with Gasteiger partial charge in [-0.2, -0.15) is 0 Å². The molecule has 2 unspecified atom stereocenters. The molecule has 1 rings (SSSR count). The lowest BCUT2D eigenvalue weighted by molar-refractivity contribution is -0.138. The van der Waals surface area contributed by atoms with Gasteiger partial charge in [0.2, 0.25) is 0 Å². The van der Waals surface area contributed by atoms with Gasteiger partial charge in [0.25, 0.3) is 0 Å². The standard InChI is InChI=1S/C13H21NO2S/c1-4-11(9-13(15)16)14(3)10(2)8-12-6-5-7-17-12/h5-7,10-11H,4,8-9H2,1-3H3,(H,15,16). The van der Waals surface area contributed by atoms with Crippen molar-refractivity contribution in [1.82, 2.24) is 4.90 Å². The number of nitrogens with zero attached hydrogens (tertiary/aromatic N) is 1. The molecular formula is C13H21NO2S. The van der Waals surface area contributed by atoms with Crippen LogP contribution in [-0.2, 0) is 11.2 Å². The zero-order valence-corrected chi connectivity index (χ0v) is 11.5. The minimum Gasteiger partial charge on any atom is -0.481 e. The molecule has 96 valence electrons. The molecule has 0 aliphatic rings. The topological polar surface area (TPSA) is 40.5 Å². The molecule has 0 saturated carbocycles. The van der Waals surface area contributed by atoms with E-state index in [2.05, 4.69) is 29.3 Å². The van der Waals surface area contributed by atoms with Crippen molar-refractivity contribution in [3.05, 3.63) is 22.4 Å². The van der Waals surface area contributed by atoms with Gasteiger partial charge < -0.3 is 5.11 Å². The van der Waals surface area contributed by atoms with Crippen LogP contribution >= 0.6 is 11.3 Å². The minimum absolute atomic E-state index is 0.127. The Labute approximate surface area is 107 Å².